The lowest BCUT2D eigenvalue weighted by Gasteiger charge is -2.10. The van der Waals surface area contributed by atoms with Gasteiger partial charge in [-0.05, 0) is 24.1 Å². The number of hydrogen-bond donors (Lipinski definition) is 1. The number of aromatic nitrogens is 3. The Balaban J connectivity index is 2.44. The van der Waals surface area contributed by atoms with E-state index >= 15 is 0 Å². The van der Waals surface area contributed by atoms with E-state index in [1.54, 1.807) is 20.0 Å². The largest absolute Gasteiger partial charge is 0.497 e. The van der Waals surface area contributed by atoms with Crippen LogP contribution in [0.4, 0.5) is 13.2 Å². The third-order valence-electron chi connectivity index (χ3n) is 3.56. The number of alkyl halides is 3. The van der Waals surface area contributed by atoms with Crippen LogP contribution in [0, 0.1) is 17.4 Å². The van der Waals surface area contributed by atoms with Crippen molar-refractivity contribution in [1.29, 1.82) is 5.26 Å². The van der Waals surface area contributed by atoms with E-state index < -0.39 is 17.6 Å². The molecule has 1 amide bonds. The average Bonchev–Trinajstić information content (AvgIpc) is 3.07. The van der Waals surface area contributed by atoms with E-state index in [1.165, 1.54) is 30.4 Å². The molecule has 0 saturated carbocycles. The van der Waals surface area contributed by atoms with E-state index in [1.807, 2.05) is 5.32 Å². The minimum absolute atomic E-state index is 0.0167. The summed E-state index contributed by atoms with van der Waals surface area (Å²) in [4.78, 5) is 15.9. The summed E-state index contributed by atoms with van der Waals surface area (Å²) in [5.41, 5.74) is -0.518. The fourth-order valence-electron chi connectivity index (χ4n) is 2.21. The maximum Gasteiger partial charge on any atom is 0.416 e. The number of ether oxygens (including phenoxy) is 1. The average molecular weight is 379 g/mol. The van der Waals surface area contributed by atoms with Crippen LogP contribution in [-0.2, 0) is 11.0 Å². The van der Waals surface area contributed by atoms with Gasteiger partial charge in [0.1, 0.15) is 12.1 Å². The normalized spacial score (nSPS) is 12.0. The zero-order valence-electron chi connectivity index (χ0n) is 14.7. The molecule has 0 fully saturated rings. The highest BCUT2D eigenvalue weighted by Gasteiger charge is 2.31. The first-order valence-corrected chi connectivity index (χ1v) is 7.74. The zero-order valence-corrected chi connectivity index (χ0v) is 14.7. The highest BCUT2D eigenvalue weighted by molar-refractivity contribution is 5.97. The van der Waals surface area contributed by atoms with Crippen molar-refractivity contribution in [3.63, 3.8) is 0 Å². The summed E-state index contributed by atoms with van der Waals surface area (Å²) in [5, 5.41) is 14.7. The van der Waals surface area contributed by atoms with Crippen LogP contribution in [-0.4, -0.2) is 27.8 Å². The van der Waals surface area contributed by atoms with Crippen molar-refractivity contribution in [2.45, 2.75) is 20.0 Å². The Morgan fingerprint density at radius 3 is 2.63 bits per heavy atom. The molecule has 10 heteroatoms. The first-order chi connectivity index (χ1) is 12.7. The number of benzene rings is 1. The van der Waals surface area contributed by atoms with Gasteiger partial charge in [-0.25, -0.2) is 9.67 Å². The van der Waals surface area contributed by atoms with E-state index in [0.717, 1.165) is 12.1 Å². The van der Waals surface area contributed by atoms with Gasteiger partial charge in [0.2, 0.25) is 0 Å². The van der Waals surface area contributed by atoms with Crippen LogP contribution in [0.2, 0.25) is 0 Å². The Kier molecular flexibility index (Phi) is 5.85. The number of amides is 1. The van der Waals surface area contributed by atoms with Crippen molar-refractivity contribution in [3.05, 3.63) is 35.7 Å². The zero-order chi connectivity index (χ0) is 20.2. The highest BCUT2D eigenvalue weighted by atomic mass is 19.4. The van der Waals surface area contributed by atoms with Crippen molar-refractivity contribution in [2.24, 2.45) is 5.92 Å². The van der Waals surface area contributed by atoms with Gasteiger partial charge < -0.3 is 4.74 Å². The standard InChI is InChI=1S/C17H16F3N5O2/c1-10(2)14(16(26)22-8-21)7-25-9-23-15(24-25)11-4-12(17(18,19)20)6-13(5-11)27-3/h4-7,9-10H,1-3H3,(H,22,26)/b14-7+. The molecular weight excluding hydrogens is 363 g/mol. The SMILES string of the molecule is COc1cc(-c2ncn(/C=C(/C(=O)NC#N)C(C)C)n2)cc(C(F)(F)F)c1. The van der Waals surface area contributed by atoms with Crippen LogP contribution >= 0.6 is 0 Å². The minimum Gasteiger partial charge on any atom is -0.497 e. The first-order valence-electron chi connectivity index (χ1n) is 7.74. The molecule has 2 aromatic rings. The van der Waals surface area contributed by atoms with Gasteiger partial charge >= 0.3 is 6.18 Å². The smallest absolute Gasteiger partial charge is 0.416 e. The number of halogens is 3. The Morgan fingerprint density at radius 2 is 2.07 bits per heavy atom. The lowest BCUT2D eigenvalue weighted by molar-refractivity contribution is -0.137. The summed E-state index contributed by atoms with van der Waals surface area (Å²) >= 11 is 0. The van der Waals surface area contributed by atoms with Crippen molar-refractivity contribution in [3.8, 4) is 23.3 Å². The van der Waals surface area contributed by atoms with Gasteiger partial charge in [0.05, 0.1) is 12.7 Å². The molecule has 1 aromatic carbocycles. The van der Waals surface area contributed by atoms with E-state index in [-0.39, 0.29) is 28.6 Å². The maximum absolute atomic E-state index is 13.0. The Morgan fingerprint density at radius 1 is 1.37 bits per heavy atom. The lowest BCUT2D eigenvalue weighted by Crippen LogP contribution is -2.22. The lowest BCUT2D eigenvalue weighted by atomic mass is 10.0. The van der Waals surface area contributed by atoms with Crippen molar-refractivity contribution in [1.82, 2.24) is 20.1 Å². The molecule has 1 heterocycles. The quantitative estimate of drug-likeness (QED) is 0.490. The number of hydrogen-bond acceptors (Lipinski definition) is 5. The molecule has 27 heavy (non-hydrogen) atoms. The molecule has 0 radical (unpaired) electrons. The fraction of sp³-hybridized carbons (Fsp3) is 0.294. The number of nitrogens with one attached hydrogen (secondary N) is 1. The second-order valence-electron chi connectivity index (χ2n) is 5.80. The Bertz CT molecular complexity index is 910. The number of methoxy groups -OCH3 is 1. The molecule has 1 aromatic heterocycles. The second-order valence-corrected chi connectivity index (χ2v) is 5.80. The minimum atomic E-state index is -4.55. The van der Waals surface area contributed by atoms with Gasteiger partial charge in [0.25, 0.3) is 5.91 Å². The van der Waals surface area contributed by atoms with Crippen LogP contribution in [0.15, 0.2) is 30.1 Å². The third-order valence-corrected chi connectivity index (χ3v) is 3.56. The molecule has 2 rings (SSSR count). The highest BCUT2D eigenvalue weighted by Crippen LogP contribution is 2.34. The van der Waals surface area contributed by atoms with Gasteiger partial charge in [-0.15, -0.1) is 5.10 Å². The topological polar surface area (TPSA) is 92.8 Å². The summed E-state index contributed by atoms with van der Waals surface area (Å²) < 4.78 is 45.3. The van der Waals surface area contributed by atoms with E-state index in [0.29, 0.717) is 0 Å². The molecule has 0 aliphatic rings. The van der Waals surface area contributed by atoms with Crippen LogP contribution < -0.4 is 10.1 Å². The fourth-order valence-corrected chi connectivity index (χ4v) is 2.21. The number of nitriles is 1. The molecule has 7 nitrogen and oxygen atoms in total. The van der Waals surface area contributed by atoms with E-state index in [4.69, 9.17) is 10.00 Å². The monoisotopic (exact) mass is 379 g/mol. The molecule has 0 bridgehead atoms. The molecule has 0 spiro atoms. The van der Waals surface area contributed by atoms with Gasteiger partial charge in [-0.2, -0.15) is 18.4 Å². The molecule has 142 valence electrons. The molecule has 1 N–H and O–H groups in total. The van der Waals surface area contributed by atoms with Crippen molar-refractivity contribution in [2.75, 3.05) is 7.11 Å². The van der Waals surface area contributed by atoms with Crippen LogP contribution in [0.1, 0.15) is 19.4 Å². The summed E-state index contributed by atoms with van der Waals surface area (Å²) in [7, 11) is 1.26. The molecule has 0 aliphatic carbocycles. The molecule has 0 atom stereocenters. The van der Waals surface area contributed by atoms with Gasteiger partial charge in [0, 0.05) is 17.3 Å². The predicted molar refractivity (Wildman–Crippen MR) is 89.9 cm³/mol. The second kappa shape index (κ2) is 7.90. The van der Waals surface area contributed by atoms with E-state index in [2.05, 4.69) is 10.1 Å². The summed E-state index contributed by atoms with van der Waals surface area (Å²) in [6.45, 7) is 3.50. The van der Waals surface area contributed by atoms with Crippen LogP contribution in [0.5, 0.6) is 5.75 Å². The molecule has 0 aliphatic heterocycles. The van der Waals surface area contributed by atoms with E-state index in [9.17, 15) is 18.0 Å². The van der Waals surface area contributed by atoms with Crippen LogP contribution in [0.3, 0.4) is 0 Å². The number of carbonyl (C=O) groups is 1. The van der Waals surface area contributed by atoms with Gasteiger partial charge in [0.15, 0.2) is 12.0 Å². The molecule has 0 unspecified atom stereocenters. The predicted octanol–water partition coefficient (Wildman–Crippen LogP) is 3.07. The van der Waals surface area contributed by atoms with Crippen molar-refractivity contribution >= 4 is 12.1 Å². The summed E-state index contributed by atoms with van der Waals surface area (Å²) in [6.07, 6.45) is -0.389. The first kappa shape index (κ1) is 20.0. The molecular formula is C17H16F3N5O2. The maximum atomic E-state index is 13.0. The van der Waals surface area contributed by atoms with Crippen molar-refractivity contribution < 1.29 is 22.7 Å². The molecule has 0 saturated heterocycles. The Labute approximate surface area is 153 Å². The Hall–Kier alpha value is -3.35. The number of carbonyl (C=O) groups excluding carboxylic acids is 1. The van der Waals surface area contributed by atoms with Gasteiger partial charge in [-0.3, -0.25) is 10.1 Å². The summed E-state index contributed by atoms with van der Waals surface area (Å²) in [5.74, 6) is -0.771. The number of nitrogens with zero attached hydrogens (tertiary/aromatic N) is 4. The number of rotatable bonds is 5. The third kappa shape index (κ3) is 4.84. The van der Waals surface area contributed by atoms with Crippen LogP contribution in [0.25, 0.3) is 17.6 Å². The summed E-state index contributed by atoms with van der Waals surface area (Å²) in [6, 6.07) is 3.17. The van der Waals surface area contributed by atoms with Gasteiger partial charge in [-0.1, -0.05) is 13.8 Å².